The fourth-order valence-electron chi connectivity index (χ4n) is 3.39. The topological polar surface area (TPSA) is 75.7 Å². The zero-order chi connectivity index (χ0) is 17.5. The van der Waals surface area contributed by atoms with Crippen LogP contribution in [-0.2, 0) is 25.0 Å². The summed E-state index contributed by atoms with van der Waals surface area (Å²) < 4.78 is 33.2. The van der Waals surface area contributed by atoms with E-state index in [1.54, 1.807) is 23.1 Å². The van der Waals surface area contributed by atoms with Crippen molar-refractivity contribution >= 4 is 21.6 Å². The molecule has 1 unspecified atom stereocenters. The zero-order valence-corrected chi connectivity index (χ0v) is 15.1. The van der Waals surface area contributed by atoms with Gasteiger partial charge >= 0.3 is 0 Å². The molecule has 1 atom stereocenters. The Morgan fingerprint density at radius 1 is 1.38 bits per heavy atom. The summed E-state index contributed by atoms with van der Waals surface area (Å²) >= 11 is 0. The first-order chi connectivity index (χ1) is 11.3. The standard InChI is InChI=1S/C17H24N2O4S/c1-4-19-15-8-7-13(10-14(15)17(2,3)16(19)20)24(21,22)18-11-12-6-5-9-23-12/h7-8,10,12,18H,4-6,9,11H2,1-3H3. The molecule has 7 heteroatoms. The lowest BCUT2D eigenvalue weighted by molar-refractivity contribution is -0.122. The number of carbonyl (C=O) groups is 1. The highest BCUT2D eigenvalue weighted by Gasteiger charge is 2.43. The Labute approximate surface area is 143 Å². The number of ether oxygens (including phenoxy) is 1. The van der Waals surface area contributed by atoms with Crippen molar-refractivity contribution in [1.29, 1.82) is 0 Å². The number of benzene rings is 1. The van der Waals surface area contributed by atoms with Gasteiger partial charge in [0.25, 0.3) is 0 Å². The molecular formula is C17H24N2O4S. The minimum atomic E-state index is -3.62. The maximum absolute atomic E-state index is 12.6. The molecule has 2 heterocycles. The van der Waals surface area contributed by atoms with E-state index in [-0.39, 0.29) is 23.5 Å². The van der Waals surface area contributed by atoms with Crippen molar-refractivity contribution in [3.63, 3.8) is 0 Å². The fraction of sp³-hybridized carbons (Fsp3) is 0.588. The van der Waals surface area contributed by atoms with Crippen molar-refractivity contribution in [3.8, 4) is 0 Å². The van der Waals surface area contributed by atoms with E-state index >= 15 is 0 Å². The van der Waals surface area contributed by atoms with Crippen molar-refractivity contribution in [2.75, 3.05) is 24.6 Å². The number of hydrogen-bond acceptors (Lipinski definition) is 4. The lowest BCUT2D eigenvalue weighted by Gasteiger charge is -2.18. The number of rotatable bonds is 5. The van der Waals surface area contributed by atoms with Crippen LogP contribution < -0.4 is 9.62 Å². The summed E-state index contributed by atoms with van der Waals surface area (Å²) in [6.45, 7) is 7.12. The van der Waals surface area contributed by atoms with Crippen molar-refractivity contribution in [3.05, 3.63) is 23.8 Å². The Balaban J connectivity index is 1.88. The number of nitrogens with one attached hydrogen (secondary N) is 1. The second kappa shape index (κ2) is 6.13. The van der Waals surface area contributed by atoms with Crippen molar-refractivity contribution in [2.24, 2.45) is 0 Å². The summed E-state index contributed by atoms with van der Waals surface area (Å²) in [4.78, 5) is 14.4. The van der Waals surface area contributed by atoms with Crippen LogP contribution >= 0.6 is 0 Å². The van der Waals surface area contributed by atoms with Gasteiger partial charge in [-0.05, 0) is 57.4 Å². The van der Waals surface area contributed by atoms with Crippen LogP contribution in [0.3, 0.4) is 0 Å². The van der Waals surface area contributed by atoms with Gasteiger partial charge in [0.2, 0.25) is 15.9 Å². The predicted molar refractivity (Wildman–Crippen MR) is 91.7 cm³/mol. The van der Waals surface area contributed by atoms with Crippen LogP contribution in [0.1, 0.15) is 39.2 Å². The van der Waals surface area contributed by atoms with Crippen molar-refractivity contribution in [1.82, 2.24) is 4.72 Å². The van der Waals surface area contributed by atoms with Gasteiger partial charge in [0.05, 0.1) is 16.4 Å². The molecule has 1 N–H and O–H groups in total. The normalized spacial score (nSPS) is 22.9. The Kier molecular flexibility index (Phi) is 4.44. The molecule has 0 aliphatic carbocycles. The predicted octanol–water partition coefficient (Wildman–Crippen LogP) is 1.79. The van der Waals surface area contributed by atoms with E-state index in [0.29, 0.717) is 13.2 Å². The van der Waals surface area contributed by atoms with E-state index in [2.05, 4.69) is 4.72 Å². The Morgan fingerprint density at radius 2 is 2.12 bits per heavy atom. The van der Waals surface area contributed by atoms with Crippen LogP contribution in [0.15, 0.2) is 23.1 Å². The average molecular weight is 352 g/mol. The zero-order valence-electron chi connectivity index (χ0n) is 14.3. The number of likely N-dealkylation sites (N-methyl/N-ethyl adjacent to an activating group) is 1. The summed E-state index contributed by atoms with van der Waals surface area (Å²) in [6.07, 6.45) is 1.79. The highest BCUT2D eigenvalue weighted by molar-refractivity contribution is 7.89. The van der Waals surface area contributed by atoms with E-state index in [9.17, 15) is 13.2 Å². The molecule has 2 aliphatic rings. The van der Waals surface area contributed by atoms with Gasteiger partial charge in [0.1, 0.15) is 0 Å². The first-order valence-electron chi connectivity index (χ1n) is 8.35. The van der Waals surface area contributed by atoms with Crippen LogP contribution in [0.25, 0.3) is 0 Å². The van der Waals surface area contributed by atoms with Gasteiger partial charge < -0.3 is 9.64 Å². The molecule has 0 saturated carbocycles. The molecular weight excluding hydrogens is 328 g/mol. The van der Waals surface area contributed by atoms with Crippen LogP contribution in [0.4, 0.5) is 5.69 Å². The number of nitrogens with zero attached hydrogens (tertiary/aromatic N) is 1. The quantitative estimate of drug-likeness (QED) is 0.877. The van der Waals surface area contributed by atoms with Gasteiger partial charge in [-0.25, -0.2) is 13.1 Å². The molecule has 1 amide bonds. The van der Waals surface area contributed by atoms with E-state index in [1.807, 2.05) is 20.8 Å². The third-order valence-electron chi connectivity index (χ3n) is 4.86. The van der Waals surface area contributed by atoms with E-state index in [1.165, 1.54) is 0 Å². The molecule has 1 aromatic carbocycles. The summed E-state index contributed by atoms with van der Waals surface area (Å²) in [5.41, 5.74) is 0.839. The van der Waals surface area contributed by atoms with Crippen LogP contribution in [0.2, 0.25) is 0 Å². The number of amides is 1. The van der Waals surface area contributed by atoms with Crippen LogP contribution in [0.5, 0.6) is 0 Å². The highest BCUT2D eigenvalue weighted by Crippen LogP contribution is 2.42. The van der Waals surface area contributed by atoms with Crippen molar-refractivity contribution in [2.45, 2.75) is 50.0 Å². The van der Waals surface area contributed by atoms with Gasteiger partial charge in [0.15, 0.2) is 0 Å². The molecule has 24 heavy (non-hydrogen) atoms. The molecule has 1 aromatic rings. The van der Waals surface area contributed by atoms with Gasteiger partial charge in [-0.2, -0.15) is 0 Å². The average Bonchev–Trinajstić information content (AvgIpc) is 3.12. The SMILES string of the molecule is CCN1C(=O)C(C)(C)c2cc(S(=O)(=O)NCC3CCCO3)ccc21. The minimum Gasteiger partial charge on any atom is -0.377 e. The molecule has 6 nitrogen and oxygen atoms in total. The molecule has 2 aliphatic heterocycles. The minimum absolute atomic E-state index is 0.00172. The van der Waals surface area contributed by atoms with E-state index in [4.69, 9.17) is 4.74 Å². The lowest BCUT2D eigenvalue weighted by Crippen LogP contribution is -2.35. The summed E-state index contributed by atoms with van der Waals surface area (Å²) in [6, 6.07) is 4.92. The number of hydrogen-bond donors (Lipinski definition) is 1. The summed E-state index contributed by atoms with van der Waals surface area (Å²) in [7, 11) is -3.62. The second-order valence-corrected chi connectivity index (χ2v) is 8.61. The number of fused-ring (bicyclic) bond motifs is 1. The molecule has 0 aromatic heterocycles. The monoisotopic (exact) mass is 352 g/mol. The summed E-state index contributed by atoms with van der Waals surface area (Å²) in [5, 5.41) is 0. The van der Waals surface area contributed by atoms with Gasteiger partial charge in [-0.3, -0.25) is 4.79 Å². The van der Waals surface area contributed by atoms with Gasteiger partial charge in [-0.15, -0.1) is 0 Å². The maximum atomic E-state index is 12.6. The van der Waals surface area contributed by atoms with Crippen LogP contribution in [0, 0.1) is 0 Å². The molecule has 1 fully saturated rings. The summed E-state index contributed by atoms with van der Waals surface area (Å²) in [5.74, 6) is 0.00172. The molecule has 3 rings (SSSR count). The van der Waals surface area contributed by atoms with E-state index < -0.39 is 15.4 Å². The molecule has 0 bridgehead atoms. The maximum Gasteiger partial charge on any atom is 0.240 e. The Morgan fingerprint density at radius 3 is 2.75 bits per heavy atom. The Hall–Kier alpha value is -1.44. The smallest absolute Gasteiger partial charge is 0.240 e. The molecule has 0 spiro atoms. The van der Waals surface area contributed by atoms with Gasteiger partial charge in [-0.1, -0.05) is 0 Å². The van der Waals surface area contributed by atoms with Crippen molar-refractivity contribution < 1.29 is 17.9 Å². The second-order valence-electron chi connectivity index (χ2n) is 6.84. The number of anilines is 1. The number of sulfonamides is 1. The highest BCUT2D eigenvalue weighted by atomic mass is 32.2. The number of carbonyl (C=O) groups excluding carboxylic acids is 1. The molecule has 1 saturated heterocycles. The van der Waals surface area contributed by atoms with E-state index in [0.717, 1.165) is 24.1 Å². The van der Waals surface area contributed by atoms with Gasteiger partial charge in [0, 0.05) is 25.4 Å². The Bertz CT molecular complexity index is 752. The third-order valence-corrected chi connectivity index (χ3v) is 6.28. The van der Waals surface area contributed by atoms with Crippen LogP contribution in [-0.4, -0.2) is 40.1 Å². The molecule has 132 valence electrons. The molecule has 0 radical (unpaired) electrons. The largest absolute Gasteiger partial charge is 0.377 e. The first-order valence-corrected chi connectivity index (χ1v) is 9.83. The first kappa shape index (κ1) is 17.4. The lowest BCUT2D eigenvalue weighted by atomic mass is 9.86. The fourth-order valence-corrected chi connectivity index (χ4v) is 4.48. The third kappa shape index (κ3) is 2.85.